The molecule has 0 atom stereocenters. The van der Waals surface area contributed by atoms with Gasteiger partial charge in [0.25, 0.3) is 0 Å². The summed E-state index contributed by atoms with van der Waals surface area (Å²) in [5, 5.41) is 7.10. The quantitative estimate of drug-likeness (QED) is 0.698. The Bertz CT molecular complexity index is 643. The smallest absolute Gasteiger partial charge is 0.171 e. The van der Waals surface area contributed by atoms with Crippen LogP contribution in [0, 0.1) is 0 Å². The number of halogens is 1. The zero-order chi connectivity index (χ0) is 15.9. The lowest BCUT2D eigenvalue weighted by molar-refractivity contribution is -0.872. The third-order valence-corrected chi connectivity index (χ3v) is 3.92. The van der Waals surface area contributed by atoms with Crippen LogP contribution in [-0.2, 0) is 13.1 Å². The first-order valence-corrected chi connectivity index (χ1v) is 8.41. The molecule has 0 saturated carbocycles. The van der Waals surface area contributed by atoms with E-state index >= 15 is 0 Å². The van der Waals surface area contributed by atoms with E-state index in [1.165, 1.54) is 16.0 Å². The van der Waals surface area contributed by atoms with E-state index in [2.05, 4.69) is 64.9 Å². The number of anilines is 1. The van der Waals surface area contributed by atoms with Crippen molar-refractivity contribution in [3.8, 4) is 0 Å². The molecule has 0 fully saturated rings. The molecule has 0 spiro atoms. The van der Waals surface area contributed by atoms with Crippen LogP contribution >= 0.6 is 28.1 Å². The topological polar surface area (TPSA) is 28.5 Å². The van der Waals surface area contributed by atoms with Crippen molar-refractivity contribution in [2.75, 3.05) is 19.4 Å². The summed E-state index contributed by atoms with van der Waals surface area (Å²) in [5.74, 6) is 0. The Morgan fingerprint density at radius 1 is 1.09 bits per heavy atom. The molecule has 0 aliphatic rings. The number of benzene rings is 2. The molecule has 0 aromatic heterocycles. The summed E-state index contributed by atoms with van der Waals surface area (Å²) in [7, 11) is 4.31. The van der Waals surface area contributed by atoms with Gasteiger partial charge in [-0.15, -0.1) is 0 Å². The van der Waals surface area contributed by atoms with E-state index in [1.807, 2.05) is 24.3 Å². The molecule has 0 aliphatic carbocycles. The van der Waals surface area contributed by atoms with Crippen molar-refractivity contribution < 1.29 is 4.90 Å². The molecule has 3 N–H and O–H groups in total. The lowest BCUT2D eigenvalue weighted by atomic mass is 10.1. The molecular formula is C17H21BrN3S+. The summed E-state index contributed by atoms with van der Waals surface area (Å²) in [6, 6.07) is 16.4. The average molecular weight is 379 g/mol. The van der Waals surface area contributed by atoms with Gasteiger partial charge in [-0.25, -0.2) is 0 Å². The normalized spacial score (nSPS) is 10.5. The molecule has 0 amide bonds. The Morgan fingerprint density at radius 2 is 1.82 bits per heavy atom. The number of hydrogen-bond donors (Lipinski definition) is 3. The van der Waals surface area contributed by atoms with Crippen LogP contribution < -0.4 is 15.5 Å². The van der Waals surface area contributed by atoms with E-state index < -0.39 is 0 Å². The second-order valence-electron chi connectivity index (χ2n) is 5.47. The SMILES string of the molecule is C[NH+](C)Cc1ccccc1CNC(=S)Nc1cccc(Br)c1. The fourth-order valence-corrected chi connectivity index (χ4v) is 2.79. The van der Waals surface area contributed by atoms with Crippen LogP contribution in [0.15, 0.2) is 53.0 Å². The summed E-state index contributed by atoms with van der Waals surface area (Å²) in [6.45, 7) is 1.73. The number of thiocarbonyl (C=S) groups is 1. The zero-order valence-corrected chi connectivity index (χ0v) is 15.2. The molecule has 22 heavy (non-hydrogen) atoms. The predicted octanol–water partition coefficient (Wildman–Crippen LogP) is 2.58. The summed E-state index contributed by atoms with van der Waals surface area (Å²) in [6.07, 6.45) is 0. The molecule has 3 nitrogen and oxygen atoms in total. The standard InChI is InChI=1S/C17H20BrN3S/c1-21(2)12-14-7-4-3-6-13(14)11-19-17(22)20-16-9-5-8-15(18)10-16/h3-10H,11-12H2,1-2H3,(H2,19,20,22)/p+1. The van der Waals surface area contributed by atoms with Gasteiger partial charge in [-0.3, -0.25) is 0 Å². The molecule has 0 heterocycles. The van der Waals surface area contributed by atoms with Crippen LogP contribution in [0.1, 0.15) is 11.1 Å². The van der Waals surface area contributed by atoms with Gasteiger partial charge < -0.3 is 15.5 Å². The second kappa shape index (κ2) is 8.27. The lowest BCUT2D eigenvalue weighted by Gasteiger charge is -2.14. The second-order valence-corrected chi connectivity index (χ2v) is 6.79. The Morgan fingerprint density at radius 3 is 2.50 bits per heavy atom. The Kier molecular flexibility index (Phi) is 6.36. The van der Waals surface area contributed by atoms with Gasteiger partial charge in [0.05, 0.1) is 14.1 Å². The molecule has 0 bridgehead atoms. The molecule has 2 rings (SSSR count). The van der Waals surface area contributed by atoms with Crippen molar-refractivity contribution in [2.24, 2.45) is 0 Å². The minimum absolute atomic E-state index is 0.630. The van der Waals surface area contributed by atoms with Crippen LogP contribution in [0.25, 0.3) is 0 Å². The lowest BCUT2D eigenvalue weighted by Crippen LogP contribution is -3.04. The molecule has 0 saturated heterocycles. The monoisotopic (exact) mass is 378 g/mol. The third kappa shape index (κ3) is 5.40. The molecule has 5 heteroatoms. The predicted molar refractivity (Wildman–Crippen MR) is 100 cm³/mol. The van der Waals surface area contributed by atoms with Crippen molar-refractivity contribution in [2.45, 2.75) is 13.1 Å². The largest absolute Gasteiger partial charge is 0.358 e. The first-order valence-electron chi connectivity index (χ1n) is 7.21. The van der Waals surface area contributed by atoms with E-state index in [1.54, 1.807) is 0 Å². The molecular weight excluding hydrogens is 358 g/mol. The fraction of sp³-hybridized carbons (Fsp3) is 0.235. The van der Waals surface area contributed by atoms with Crippen LogP contribution in [0.2, 0.25) is 0 Å². The molecule has 0 unspecified atom stereocenters. The zero-order valence-electron chi connectivity index (χ0n) is 12.8. The maximum atomic E-state index is 5.37. The number of hydrogen-bond acceptors (Lipinski definition) is 1. The highest BCUT2D eigenvalue weighted by atomic mass is 79.9. The fourth-order valence-electron chi connectivity index (χ4n) is 2.20. The number of quaternary nitrogens is 1. The van der Waals surface area contributed by atoms with Crippen molar-refractivity contribution in [1.29, 1.82) is 0 Å². The summed E-state index contributed by atoms with van der Waals surface area (Å²) in [4.78, 5) is 1.40. The van der Waals surface area contributed by atoms with Crippen LogP contribution in [-0.4, -0.2) is 19.2 Å². The van der Waals surface area contributed by atoms with Gasteiger partial charge in [-0.1, -0.05) is 46.3 Å². The van der Waals surface area contributed by atoms with E-state index in [9.17, 15) is 0 Å². The van der Waals surface area contributed by atoms with Crippen LogP contribution in [0.3, 0.4) is 0 Å². The van der Waals surface area contributed by atoms with Gasteiger partial charge in [0, 0.05) is 22.3 Å². The first-order chi connectivity index (χ1) is 10.5. The van der Waals surface area contributed by atoms with Crippen LogP contribution in [0.5, 0.6) is 0 Å². The average Bonchev–Trinajstić information content (AvgIpc) is 2.46. The highest BCUT2D eigenvalue weighted by Gasteiger charge is 2.06. The molecule has 2 aromatic carbocycles. The maximum absolute atomic E-state index is 5.37. The summed E-state index contributed by atoms with van der Waals surface area (Å²) in [5.41, 5.74) is 3.60. The van der Waals surface area contributed by atoms with Gasteiger partial charge in [-0.2, -0.15) is 0 Å². The van der Waals surface area contributed by atoms with Gasteiger partial charge in [-0.05, 0) is 36.0 Å². The van der Waals surface area contributed by atoms with Crippen LogP contribution in [0.4, 0.5) is 5.69 Å². The van der Waals surface area contributed by atoms with E-state index in [-0.39, 0.29) is 0 Å². The first kappa shape index (κ1) is 16.9. The summed E-state index contributed by atoms with van der Waals surface area (Å²) >= 11 is 8.82. The van der Waals surface area contributed by atoms with E-state index in [4.69, 9.17) is 12.2 Å². The van der Waals surface area contributed by atoms with Gasteiger partial charge in [0.15, 0.2) is 5.11 Å². The summed E-state index contributed by atoms with van der Waals surface area (Å²) < 4.78 is 1.03. The third-order valence-electron chi connectivity index (χ3n) is 3.18. The van der Waals surface area contributed by atoms with Crippen molar-refractivity contribution in [1.82, 2.24) is 5.32 Å². The Labute approximate surface area is 145 Å². The van der Waals surface area contributed by atoms with E-state index in [0.29, 0.717) is 5.11 Å². The number of rotatable bonds is 5. The Hall–Kier alpha value is -1.43. The van der Waals surface area contributed by atoms with Gasteiger partial charge in [0.2, 0.25) is 0 Å². The Balaban J connectivity index is 1.94. The molecule has 0 radical (unpaired) electrons. The molecule has 116 valence electrons. The maximum Gasteiger partial charge on any atom is 0.171 e. The minimum atomic E-state index is 0.630. The van der Waals surface area contributed by atoms with Gasteiger partial charge in [0.1, 0.15) is 6.54 Å². The highest BCUT2D eigenvalue weighted by molar-refractivity contribution is 9.10. The molecule has 2 aromatic rings. The highest BCUT2D eigenvalue weighted by Crippen LogP contribution is 2.15. The van der Waals surface area contributed by atoms with Crippen molar-refractivity contribution >= 4 is 38.9 Å². The van der Waals surface area contributed by atoms with Crippen molar-refractivity contribution in [3.05, 3.63) is 64.1 Å². The van der Waals surface area contributed by atoms with E-state index in [0.717, 1.165) is 23.2 Å². The molecule has 0 aliphatic heterocycles. The number of nitrogens with one attached hydrogen (secondary N) is 3. The van der Waals surface area contributed by atoms with Crippen molar-refractivity contribution in [3.63, 3.8) is 0 Å². The van der Waals surface area contributed by atoms with Gasteiger partial charge >= 0.3 is 0 Å². The minimum Gasteiger partial charge on any atom is -0.358 e.